The summed E-state index contributed by atoms with van der Waals surface area (Å²) in [5.74, 6) is 1.29. The SMILES string of the molecule is CCCC(=O)CCCC(CC)CC. The molecule has 0 N–H and O–H groups in total. The van der Waals surface area contributed by atoms with Crippen LogP contribution in [-0.2, 0) is 4.79 Å². The third-order valence-corrected chi connectivity index (χ3v) is 2.75. The Kier molecular flexibility index (Phi) is 8.07. The average molecular weight is 184 g/mol. The van der Waals surface area contributed by atoms with Gasteiger partial charge in [0.05, 0.1) is 0 Å². The first-order valence-corrected chi connectivity index (χ1v) is 5.76. The van der Waals surface area contributed by atoms with Crippen LogP contribution < -0.4 is 0 Å². The zero-order valence-corrected chi connectivity index (χ0v) is 9.44. The molecule has 0 rings (SSSR count). The van der Waals surface area contributed by atoms with Crippen molar-refractivity contribution in [2.24, 2.45) is 5.92 Å². The van der Waals surface area contributed by atoms with E-state index in [-0.39, 0.29) is 0 Å². The standard InChI is InChI=1S/C12H24O/c1-4-8-12(13)10-7-9-11(5-2)6-3/h11H,4-10H2,1-3H3. The van der Waals surface area contributed by atoms with Crippen LogP contribution in [0, 0.1) is 5.92 Å². The van der Waals surface area contributed by atoms with Crippen LogP contribution in [0.4, 0.5) is 0 Å². The van der Waals surface area contributed by atoms with E-state index in [2.05, 4.69) is 20.8 Å². The van der Waals surface area contributed by atoms with Crippen LogP contribution in [0.1, 0.15) is 65.7 Å². The normalized spacial score (nSPS) is 10.8. The lowest BCUT2D eigenvalue weighted by molar-refractivity contribution is -0.119. The first-order chi connectivity index (χ1) is 6.24. The Balaban J connectivity index is 3.37. The number of rotatable bonds is 8. The summed E-state index contributed by atoms with van der Waals surface area (Å²) in [6, 6.07) is 0. The molecule has 0 aromatic heterocycles. The molecule has 0 spiro atoms. The van der Waals surface area contributed by atoms with Crippen LogP contribution in [0.2, 0.25) is 0 Å². The highest BCUT2D eigenvalue weighted by atomic mass is 16.1. The molecular weight excluding hydrogens is 160 g/mol. The van der Waals surface area contributed by atoms with E-state index < -0.39 is 0 Å². The third-order valence-electron chi connectivity index (χ3n) is 2.75. The molecule has 1 nitrogen and oxygen atoms in total. The Morgan fingerprint density at radius 2 is 1.69 bits per heavy atom. The van der Waals surface area contributed by atoms with Gasteiger partial charge in [-0.05, 0) is 18.8 Å². The Morgan fingerprint density at radius 1 is 1.08 bits per heavy atom. The zero-order chi connectivity index (χ0) is 10.1. The van der Waals surface area contributed by atoms with Crippen molar-refractivity contribution in [3.8, 4) is 0 Å². The van der Waals surface area contributed by atoms with Gasteiger partial charge in [0.15, 0.2) is 0 Å². The predicted octanol–water partition coefficient (Wildman–Crippen LogP) is 3.96. The summed E-state index contributed by atoms with van der Waals surface area (Å²) in [5.41, 5.74) is 0. The molecule has 0 aliphatic rings. The van der Waals surface area contributed by atoms with Gasteiger partial charge in [-0.15, -0.1) is 0 Å². The summed E-state index contributed by atoms with van der Waals surface area (Å²) in [7, 11) is 0. The van der Waals surface area contributed by atoms with Gasteiger partial charge >= 0.3 is 0 Å². The largest absolute Gasteiger partial charge is 0.300 e. The molecule has 0 amide bonds. The molecule has 0 radical (unpaired) electrons. The van der Waals surface area contributed by atoms with E-state index in [1.807, 2.05) is 0 Å². The van der Waals surface area contributed by atoms with E-state index in [4.69, 9.17) is 0 Å². The van der Waals surface area contributed by atoms with E-state index >= 15 is 0 Å². The summed E-state index contributed by atoms with van der Waals surface area (Å²) in [6.45, 7) is 6.54. The molecule has 78 valence electrons. The molecule has 0 aromatic carbocycles. The number of carbonyl (C=O) groups excluding carboxylic acids is 1. The second-order valence-electron chi connectivity index (χ2n) is 3.86. The maximum atomic E-state index is 11.2. The van der Waals surface area contributed by atoms with Crippen molar-refractivity contribution in [1.29, 1.82) is 0 Å². The maximum absolute atomic E-state index is 11.2. The van der Waals surface area contributed by atoms with Crippen molar-refractivity contribution in [1.82, 2.24) is 0 Å². The highest BCUT2D eigenvalue weighted by molar-refractivity contribution is 5.78. The van der Waals surface area contributed by atoms with Crippen LogP contribution in [-0.4, -0.2) is 5.78 Å². The van der Waals surface area contributed by atoms with Crippen LogP contribution in [0.15, 0.2) is 0 Å². The minimum absolute atomic E-state index is 0.452. The molecule has 0 bridgehead atoms. The summed E-state index contributed by atoms with van der Waals surface area (Å²) in [4.78, 5) is 11.2. The first-order valence-electron chi connectivity index (χ1n) is 5.76. The highest BCUT2D eigenvalue weighted by Crippen LogP contribution is 2.16. The first kappa shape index (κ1) is 12.7. The molecule has 0 unspecified atom stereocenters. The van der Waals surface area contributed by atoms with Crippen LogP contribution in [0.5, 0.6) is 0 Å². The van der Waals surface area contributed by atoms with Gasteiger partial charge < -0.3 is 0 Å². The lowest BCUT2D eigenvalue weighted by Crippen LogP contribution is -2.01. The van der Waals surface area contributed by atoms with Crippen LogP contribution in [0.25, 0.3) is 0 Å². The smallest absolute Gasteiger partial charge is 0.132 e. The quantitative estimate of drug-likeness (QED) is 0.558. The fourth-order valence-electron chi connectivity index (χ4n) is 1.69. The lowest BCUT2D eigenvalue weighted by Gasteiger charge is -2.10. The van der Waals surface area contributed by atoms with E-state index in [9.17, 15) is 4.79 Å². The van der Waals surface area contributed by atoms with E-state index in [0.717, 1.165) is 31.6 Å². The van der Waals surface area contributed by atoms with E-state index in [1.165, 1.54) is 19.3 Å². The second kappa shape index (κ2) is 8.28. The lowest BCUT2D eigenvalue weighted by atomic mass is 9.95. The summed E-state index contributed by atoms with van der Waals surface area (Å²) >= 11 is 0. The Bertz CT molecular complexity index is 125. The fourth-order valence-corrected chi connectivity index (χ4v) is 1.69. The summed E-state index contributed by atoms with van der Waals surface area (Å²) in [6.07, 6.45) is 7.46. The summed E-state index contributed by atoms with van der Waals surface area (Å²) < 4.78 is 0. The minimum atomic E-state index is 0.452. The molecular formula is C12H24O. The second-order valence-corrected chi connectivity index (χ2v) is 3.86. The zero-order valence-electron chi connectivity index (χ0n) is 9.44. The third kappa shape index (κ3) is 6.80. The summed E-state index contributed by atoms with van der Waals surface area (Å²) in [5, 5.41) is 0. The molecule has 0 atom stereocenters. The highest BCUT2D eigenvalue weighted by Gasteiger charge is 2.05. The number of ketones is 1. The van der Waals surface area contributed by atoms with Gasteiger partial charge in [-0.2, -0.15) is 0 Å². The number of Topliss-reactive ketones (excluding diaryl/α,β-unsaturated/α-hetero) is 1. The minimum Gasteiger partial charge on any atom is -0.300 e. The van der Waals surface area contributed by atoms with Gasteiger partial charge in [0.1, 0.15) is 5.78 Å². The van der Waals surface area contributed by atoms with E-state index in [1.54, 1.807) is 0 Å². The molecule has 0 saturated carbocycles. The number of carbonyl (C=O) groups is 1. The van der Waals surface area contributed by atoms with Crippen molar-refractivity contribution < 1.29 is 4.79 Å². The molecule has 0 fully saturated rings. The van der Waals surface area contributed by atoms with Gasteiger partial charge in [-0.1, -0.05) is 40.0 Å². The number of hydrogen-bond acceptors (Lipinski definition) is 1. The van der Waals surface area contributed by atoms with Crippen molar-refractivity contribution in [2.45, 2.75) is 65.7 Å². The topological polar surface area (TPSA) is 17.1 Å². The van der Waals surface area contributed by atoms with Gasteiger partial charge in [0.25, 0.3) is 0 Å². The molecule has 0 saturated heterocycles. The molecule has 13 heavy (non-hydrogen) atoms. The fraction of sp³-hybridized carbons (Fsp3) is 0.917. The van der Waals surface area contributed by atoms with Gasteiger partial charge in [-0.25, -0.2) is 0 Å². The molecule has 0 heterocycles. The van der Waals surface area contributed by atoms with Crippen LogP contribution >= 0.6 is 0 Å². The Hall–Kier alpha value is -0.330. The molecule has 0 aliphatic heterocycles. The Morgan fingerprint density at radius 3 is 2.15 bits per heavy atom. The van der Waals surface area contributed by atoms with Gasteiger partial charge in [0.2, 0.25) is 0 Å². The van der Waals surface area contributed by atoms with Crippen molar-refractivity contribution >= 4 is 5.78 Å². The van der Waals surface area contributed by atoms with Gasteiger partial charge in [0, 0.05) is 12.8 Å². The molecule has 1 heteroatoms. The number of hydrogen-bond donors (Lipinski definition) is 0. The van der Waals surface area contributed by atoms with Crippen molar-refractivity contribution in [3.05, 3.63) is 0 Å². The van der Waals surface area contributed by atoms with Crippen molar-refractivity contribution in [3.63, 3.8) is 0 Å². The molecule has 0 aromatic rings. The van der Waals surface area contributed by atoms with Crippen molar-refractivity contribution in [2.75, 3.05) is 0 Å². The molecule has 0 aliphatic carbocycles. The van der Waals surface area contributed by atoms with Crippen LogP contribution in [0.3, 0.4) is 0 Å². The predicted molar refractivity (Wildman–Crippen MR) is 57.8 cm³/mol. The van der Waals surface area contributed by atoms with Gasteiger partial charge in [-0.3, -0.25) is 4.79 Å². The Labute approximate surface area is 82.9 Å². The average Bonchev–Trinajstić information content (AvgIpc) is 2.13. The van der Waals surface area contributed by atoms with E-state index in [0.29, 0.717) is 5.78 Å². The monoisotopic (exact) mass is 184 g/mol. The maximum Gasteiger partial charge on any atom is 0.132 e.